The van der Waals surface area contributed by atoms with Crippen molar-refractivity contribution >= 4 is 39.3 Å². The van der Waals surface area contributed by atoms with E-state index < -0.39 is 15.3 Å². The summed E-state index contributed by atoms with van der Waals surface area (Å²) in [5.41, 5.74) is 1.36. The lowest BCUT2D eigenvalue weighted by Gasteiger charge is -2.17. The SMILES string of the molecule is O=C(Nc1ccc(S(=O)(=O)Nc2ncccn2)cc1)[C@H](Sc1ccccc1)c1ccccc1. The van der Waals surface area contributed by atoms with Crippen LogP contribution in [0.25, 0.3) is 0 Å². The Morgan fingerprint density at radius 3 is 2.03 bits per heavy atom. The van der Waals surface area contributed by atoms with Gasteiger partial charge in [0.1, 0.15) is 5.25 Å². The van der Waals surface area contributed by atoms with Gasteiger partial charge in [0.05, 0.1) is 4.90 Å². The Bertz CT molecular complexity index is 1300. The molecule has 0 fully saturated rings. The van der Waals surface area contributed by atoms with Crippen molar-refractivity contribution in [2.75, 3.05) is 10.0 Å². The molecule has 33 heavy (non-hydrogen) atoms. The average molecular weight is 477 g/mol. The number of benzene rings is 3. The van der Waals surface area contributed by atoms with Crippen molar-refractivity contribution in [2.45, 2.75) is 15.0 Å². The molecule has 4 rings (SSSR count). The monoisotopic (exact) mass is 476 g/mol. The molecule has 0 spiro atoms. The van der Waals surface area contributed by atoms with Crippen molar-refractivity contribution in [3.8, 4) is 0 Å². The second-order valence-electron chi connectivity index (χ2n) is 6.91. The number of thioether (sulfide) groups is 1. The summed E-state index contributed by atoms with van der Waals surface area (Å²) in [6, 6.07) is 26.7. The third kappa shape index (κ3) is 5.97. The Balaban J connectivity index is 1.50. The predicted octanol–water partition coefficient (Wildman–Crippen LogP) is 4.75. The molecular weight excluding hydrogens is 456 g/mol. The van der Waals surface area contributed by atoms with Gasteiger partial charge in [-0.05, 0) is 48.0 Å². The largest absolute Gasteiger partial charge is 0.325 e. The molecule has 0 aliphatic rings. The summed E-state index contributed by atoms with van der Waals surface area (Å²) in [7, 11) is -3.85. The Labute approximate surface area is 196 Å². The average Bonchev–Trinajstić information content (AvgIpc) is 2.84. The highest BCUT2D eigenvalue weighted by atomic mass is 32.2. The van der Waals surface area contributed by atoms with Gasteiger partial charge in [-0.1, -0.05) is 48.5 Å². The molecule has 4 aromatic rings. The fourth-order valence-corrected chi connectivity index (χ4v) is 5.00. The predicted molar refractivity (Wildman–Crippen MR) is 129 cm³/mol. The van der Waals surface area contributed by atoms with Crippen LogP contribution >= 0.6 is 11.8 Å². The van der Waals surface area contributed by atoms with Gasteiger partial charge in [-0.25, -0.2) is 23.1 Å². The third-order valence-electron chi connectivity index (χ3n) is 4.56. The van der Waals surface area contributed by atoms with E-state index in [1.165, 1.54) is 36.3 Å². The summed E-state index contributed by atoms with van der Waals surface area (Å²) in [6.07, 6.45) is 2.89. The van der Waals surface area contributed by atoms with Gasteiger partial charge in [0, 0.05) is 23.0 Å². The number of nitrogens with one attached hydrogen (secondary N) is 2. The van der Waals surface area contributed by atoms with E-state index in [0.29, 0.717) is 5.69 Å². The molecule has 0 saturated heterocycles. The lowest BCUT2D eigenvalue weighted by atomic mass is 10.1. The highest BCUT2D eigenvalue weighted by Gasteiger charge is 2.22. The first-order valence-electron chi connectivity index (χ1n) is 9.99. The van der Waals surface area contributed by atoms with Crippen LogP contribution in [0.3, 0.4) is 0 Å². The van der Waals surface area contributed by atoms with Gasteiger partial charge in [-0.2, -0.15) is 0 Å². The van der Waals surface area contributed by atoms with Crippen LogP contribution in [0.1, 0.15) is 10.8 Å². The number of rotatable bonds is 8. The van der Waals surface area contributed by atoms with E-state index in [9.17, 15) is 13.2 Å². The van der Waals surface area contributed by atoms with Crippen molar-refractivity contribution in [2.24, 2.45) is 0 Å². The van der Waals surface area contributed by atoms with E-state index in [1.54, 1.807) is 18.2 Å². The van der Waals surface area contributed by atoms with Crippen molar-refractivity contribution in [3.05, 3.63) is 109 Å². The molecule has 166 valence electrons. The second-order valence-corrected chi connectivity index (χ2v) is 9.77. The molecule has 9 heteroatoms. The lowest BCUT2D eigenvalue weighted by molar-refractivity contribution is -0.115. The van der Waals surface area contributed by atoms with Crippen LogP contribution in [-0.4, -0.2) is 24.3 Å². The Morgan fingerprint density at radius 2 is 1.39 bits per heavy atom. The van der Waals surface area contributed by atoms with E-state index in [0.717, 1.165) is 10.5 Å². The van der Waals surface area contributed by atoms with Gasteiger partial charge in [-0.15, -0.1) is 11.8 Å². The molecule has 0 unspecified atom stereocenters. The lowest BCUT2D eigenvalue weighted by Crippen LogP contribution is -2.19. The van der Waals surface area contributed by atoms with E-state index in [1.807, 2.05) is 60.7 Å². The molecule has 1 aromatic heterocycles. The standard InChI is InChI=1S/C24H20N4O3S2/c29-23(22(18-8-3-1-4-9-18)32-20-10-5-2-6-11-20)27-19-12-14-21(15-13-19)33(30,31)28-24-25-16-7-17-26-24/h1-17,22H,(H,27,29)(H,25,26,28)/t22-/m1/s1. The van der Waals surface area contributed by atoms with Crippen LogP contribution < -0.4 is 10.0 Å². The Morgan fingerprint density at radius 1 is 0.788 bits per heavy atom. The first-order chi connectivity index (χ1) is 16.0. The number of carbonyl (C=O) groups excluding carboxylic acids is 1. The number of carbonyl (C=O) groups is 1. The molecule has 2 N–H and O–H groups in total. The number of anilines is 2. The molecule has 0 saturated carbocycles. The maximum absolute atomic E-state index is 13.2. The summed E-state index contributed by atoms with van der Waals surface area (Å²) in [6.45, 7) is 0. The number of hydrogen-bond donors (Lipinski definition) is 2. The smallest absolute Gasteiger partial charge is 0.264 e. The van der Waals surface area contributed by atoms with Gasteiger partial charge >= 0.3 is 0 Å². The van der Waals surface area contributed by atoms with Crippen LogP contribution in [0.15, 0.2) is 113 Å². The number of sulfonamides is 1. The van der Waals surface area contributed by atoms with Crippen molar-refractivity contribution in [1.82, 2.24) is 9.97 Å². The van der Waals surface area contributed by atoms with Gasteiger partial charge in [-0.3, -0.25) is 4.79 Å². The van der Waals surface area contributed by atoms with E-state index in [-0.39, 0.29) is 16.8 Å². The number of hydrogen-bond acceptors (Lipinski definition) is 6. The molecule has 1 heterocycles. The van der Waals surface area contributed by atoms with Crippen LogP contribution in [0.5, 0.6) is 0 Å². The molecule has 0 aliphatic heterocycles. The Hall–Kier alpha value is -3.69. The second kappa shape index (κ2) is 10.3. The molecular formula is C24H20N4O3S2. The topological polar surface area (TPSA) is 101 Å². The van der Waals surface area contributed by atoms with E-state index in [4.69, 9.17) is 0 Å². The van der Waals surface area contributed by atoms with Gasteiger partial charge < -0.3 is 5.32 Å². The van der Waals surface area contributed by atoms with Crippen molar-refractivity contribution < 1.29 is 13.2 Å². The van der Waals surface area contributed by atoms with Gasteiger partial charge in [0.25, 0.3) is 10.0 Å². The molecule has 7 nitrogen and oxygen atoms in total. The molecule has 0 radical (unpaired) electrons. The minimum absolute atomic E-state index is 0.0153. The highest BCUT2D eigenvalue weighted by molar-refractivity contribution is 8.00. The van der Waals surface area contributed by atoms with Crippen LogP contribution in [-0.2, 0) is 14.8 Å². The number of aromatic nitrogens is 2. The fraction of sp³-hybridized carbons (Fsp3) is 0.0417. The first-order valence-corrected chi connectivity index (χ1v) is 12.3. The van der Waals surface area contributed by atoms with E-state index >= 15 is 0 Å². The van der Waals surface area contributed by atoms with E-state index in [2.05, 4.69) is 20.0 Å². The van der Waals surface area contributed by atoms with Gasteiger partial charge in [0.15, 0.2) is 0 Å². The van der Waals surface area contributed by atoms with Crippen LogP contribution in [0.4, 0.5) is 11.6 Å². The molecule has 3 aromatic carbocycles. The summed E-state index contributed by atoms with van der Waals surface area (Å²) in [5, 5.41) is 2.41. The zero-order valence-electron chi connectivity index (χ0n) is 17.3. The summed E-state index contributed by atoms with van der Waals surface area (Å²) in [4.78, 5) is 21.9. The minimum Gasteiger partial charge on any atom is -0.325 e. The zero-order valence-corrected chi connectivity index (χ0v) is 19.0. The van der Waals surface area contributed by atoms with Gasteiger partial charge in [0.2, 0.25) is 11.9 Å². The summed E-state index contributed by atoms with van der Waals surface area (Å²) in [5.74, 6) is -0.222. The number of amides is 1. The highest BCUT2D eigenvalue weighted by Crippen LogP contribution is 2.36. The normalized spacial score (nSPS) is 12.0. The van der Waals surface area contributed by atoms with Crippen molar-refractivity contribution in [1.29, 1.82) is 0 Å². The maximum Gasteiger partial charge on any atom is 0.264 e. The van der Waals surface area contributed by atoms with Crippen LogP contribution in [0.2, 0.25) is 0 Å². The zero-order chi connectivity index (χ0) is 23.1. The van der Waals surface area contributed by atoms with Crippen molar-refractivity contribution in [3.63, 3.8) is 0 Å². The molecule has 0 aliphatic carbocycles. The Kier molecular flexibility index (Phi) is 7.01. The quantitative estimate of drug-likeness (QED) is 0.356. The maximum atomic E-state index is 13.2. The molecule has 1 amide bonds. The first kappa shape index (κ1) is 22.5. The number of nitrogens with zero attached hydrogens (tertiary/aromatic N) is 2. The third-order valence-corrected chi connectivity index (χ3v) is 7.17. The summed E-state index contributed by atoms with van der Waals surface area (Å²) >= 11 is 1.45. The minimum atomic E-state index is -3.85. The fourth-order valence-electron chi connectivity index (χ4n) is 2.99. The molecule has 1 atom stereocenters. The summed E-state index contributed by atoms with van der Waals surface area (Å²) < 4.78 is 27.4. The molecule has 0 bridgehead atoms. The van der Waals surface area contributed by atoms with Crippen LogP contribution in [0, 0.1) is 0 Å².